The van der Waals surface area contributed by atoms with E-state index in [0.717, 1.165) is 16.6 Å². The first-order valence-corrected chi connectivity index (χ1v) is 6.93. The summed E-state index contributed by atoms with van der Waals surface area (Å²) in [6, 6.07) is 9.27. The van der Waals surface area contributed by atoms with E-state index in [9.17, 15) is 4.79 Å². The second-order valence-electron chi connectivity index (χ2n) is 4.97. The second-order valence-corrected chi connectivity index (χ2v) is 5.36. The highest BCUT2D eigenvalue weighted by atomic mass is 35.5. The number of hydrogen-bond acceptors (Lipinski definition) is 3. The number of anilines is 1. The summed E-state index contributed by atoms with van der Waals surface area (Å²) in [5.41, 5.74) is 9.91. The second kappa shape index (κ2) is 5.60. The van der Waals surface area contributed by atoms with Crippen LogP contribution in [0.25, 0.3) is 21.3 Å². The topological polar surface area (TPSA) is 82.0 Å². The molecule has 1 unspecified atom stereocenters. The van der Waals surface area contributed by atoms with Crippen molar-refractivity contribution in [2.75, 3.05) is 18.0 Å². The summed E-state index contributed by atoms with van der Waals surface area (Å²) in [4.78, 5) is 20.9. The van der Waals surface area contributed by atoms with E-state index in [0.29, 0.717) is 24.7 Å². The SMILES string of the molecule is [N-]=[N+]=NCC1CC(=O)N(c2cc(Cl)nc3ccccc23)C1. The summed E-state index contributed by atoms with van der Waals surface area (Å²) in [7, 11) is 0. The molecular weight excluding hydrogens is 290 g/mol. The van der Waals surface area contributed by atoms with Crippen molar-refractivity contribution >= 4 is 34.1 Å². The number of amides is 1. The summed E-state index contributed by atoms with van der Waals surface area (Å²) in [5, 5.41) is 4.80. The van der Waals surface area contributed by atoms with Gasteiger partial charge < -0.3 is 4.90 Å². The van der Waals surface area contributed by atoms with Crippen molar-refractivity contribution in [1.82, 2.24) is 4.98 Å². The maximum Gasteiger partial charge on any atom is 0.227 e. The van der Waals surface area contributed by atoms with E-state index < -0.39 is 0 Å². The molecule has 106 valence electrons. The number of carbonyl (C=O) groups excluding carboxylic acids is 1. The number of benzene rings is 1. The molecule has 1 aliphatic rings. The molecule has 0 bridgehead atoms. The van der Waals surface area contributed by atoms with E-state index in [4.69, 9.17) is 17.1 Å². The van der Waals surface area contributed by atoms with Crippen molar-refractivity contribution in [1.29, 1.82) is 0 Å². The van der Waals surface area contributed by atoms with Crippen LogP contribution >= 0.6 is 11.6 Å². The van der Waals surface area contributed by atoms with Gasteiger partial charge in [0.15, 0.2) is 0 Å². The van der Waals surface area contributed by atoms with Crippen LogP contribution in [-0.4, -0.2) is 24.0 Å². The molecule has 0 radical (unpaired) electrons. The molecule has 1 aromatic heterocycles. The largest absolute Gasteiger partial charge is 0.311 e. The van der Waals surface area contributed by atoms with Crippen LogP contribution in [0.4, 0.5) is 5.69 Å². The fourth-order valence-corrected chi connectivity index (χ4v) is 2.83. The molecule has 21 heavy (non-hydrogen) atoms. The van der Waals surface area contributed by atoms with Gasteiger partial charge in [0.25, 0.3) is 0 Å². The van der Waals surface area contributed by atoms with Gasteiger partial charge in [-0.1, -0.05) is 34.9 Å². The standard InChI is InChI=1S/C14H12ClN5O/c15-13-6-12(10-3-1-2-4-11(10)18-13)20-8-9(5-14(20)21)7-17-19-16/h1-4,6,9H,5,7-8H2. The third-order valence-corrected chi connectivity index (χ3v) is 3.76. The van der Waals surface area contributed by atoms with Gasteiger partial charge in [-0.15, -0.1) is 0 Å². The smallest absolute Gasteiger partial charge is 0.227 e. The first-order valence-electron chi connectivity index (χ1n) is 6.55. The van der Waals surface area contributed by atoms with Crippen LogP contribution < -0.4 is 4.90 Å². The number of halogens is 1. The highest BCUT2D eigenvalue weighted by molar-refractivity contribution is 6.30. The Hall–Kier alpha value is -2.30. The maximum absolute atomic E-state index is 12.2. The first-order chi connectivity index (χ1) is 10.2. The Morgan fingerprint density at radius 2 is 2.29 bits per heavy atom. The van der Waals surface area contributed by atoms with Gasteiger partial charge in [-0.05, 0) is 23.6 Å². The lowest BCUT2D eigenvalue weighted by atomic mass is 10.1. The fourth-order valence-electron chi connectivity index (χ4n) is 2.64. The van der Waals surface area contributed by atoms with E-state index in [2.05, 4.69) is 15.0 Å². The highest BCUT2D eigenvalue weighted by Gasteiger charge is 2.31. The summed E-state index contributed by atoms with van der Waals surface area (Å²) in [6.07, 6.45) is 0.382. The number of carbonyl (C=O) groups is 1. The monoisotopic (exact) mass is 301 g/mol. The minimum atomic E-state index is 0.0144. The van der Waals surface area contributed by atoms with Gasteiger partial charge in [0.2, 0.25) is 5.91 Å². The van der Waals surface area contributed by atoms with Gasteiger partial charge in [0, 0.05) is 29.8 Å². The Morgan fingerprint density at radius 1 is 1.48 bits per heavy atom. The Kier molecular flexibility index (Phi) is 3.64. The minimum absolute atomic E-state index is 0.0144. The third-order valence-electron chi connectivity index (χ3n) is 3.56. The lowest BCUT2D eigenvalue weighted by molar-refractivity contribution is -0.117. The molecular formula is C14H12ClN5O. The normalized spacial score (nSPS) is 18.0. The first kappa shape index (κ1) is 13.7. The van der Waals surface area contributed by atoms with Crippen molar-refractivity contribution in [2.45, 2.75) is 6.42 Å². The average molecular weight is 302 g/mol. The van der Waals surface area contributed by atoms with Crippen LogP contribution in [0, 0.1) is 5.92 Å². The van der Waals surface area contributed by atoms with Crippen molar-refractivity contribution < 1.29 is 4.79 Å². The lowest BCUT2D eigenvalue weighted by Crippen LogP contribution is -2.25. The van der Waals surface area contributed by atoms with Gasteiger partial charge in [-0.25, -0.2) is 4.98 Å². The number of nitrogens with zero attached hydrogens (tertiary/aromatic N) is 5. The Morgan fingerprint density at radius 3 is 3.10 bits per heavy atom. The predicted octanol–water partition coefficient (Wildman–Crippen LogP) is 3.55. The Labute approximate surface area is 126 Å². The highest BCUT2D eigenvalue weighted by Crippen LogP contribution is 2.32. The molecule has 1 atom stereocenters. The van der Waals surface area contributed by atoms with E-state index in [1.807, 2.05) is 24.3 Å². The van der Waals surface area contributed by atoms with Crippen LogP contribution in [0.5, 0.6) is 0 Å². The summed E-state index contributed by atoms with van der Waals surface area (Å²) >= 11 is 6.05. The predicted molar refractivity (Wildman–Crippen MR) is 81.2 cm³/mol. The van der Waals surface area contributed by atoms with Gasteiger partial charge in [-0.3, -0.25) is 4.79 Å². The van der Waals surface area contributed by atoms with Gasteiger partial charge in [-0.2, -0.15) is 0 Å². The quantitative estimate of drug-likeness (QED) is 0.376. The van der Waals surface area contributed by atoms with Crippen LogP contribution in [0.2, 0.25) is 5.15 Å². The molecule has 1 amide bonds. The molecule has 0 aliphatic carbocycles. The van der Waals surface area contributed by atoms with Crippen molar-refractivity contribution in [3.8, 4) is 0 Å². The lowest BCUT2D eigenvalue weighted by Gasteiger charge is -2.19. The van der Waals surface area contributed by atoms with Crippen LogP contribution in [0.1, 0.15) is 6.42 Å². The zero-order valence-electron chi connectivity index (χ0n) is 11.1. The molecule has 1 aromatic carbocycles. The molecule has 0 saturated carbocycles. The van der Waals surface area contributed by atoms with Crippen molar-refractivity contribution in [3.05, 3.63) is 45.9 Å². The summed E-state index contributed by atoms with van der Waals surface area (Å²) in [5.74, 6) is 0.0552. The molecule has 6 nitrogen and oxygen atoms in total. The van der Waals surface area contributed by atoms with E-state index in [1.165, 1.54) is 0 Å². The molecule has 2 aromatic rings. The number of pyridine rings is 1. The zero-order valence-corrected chi connectivity index (χ0v) is 11.9. The fraction of sp³-hybridized carbons (Fsp3) is 0.286. The number of hydrogen-bond donors (Lipinski definition) is 0. The maximum atomic E-state index is 12.2. The molecule has 3 rings (SSSR count). The van der Waals surface area contributed by atoms with Crippen LogP contribution in [0.3, 0.4) is 0 Å². The van der Waals surface area contributed by atoms with Gasteiger partial charge >= 0.3 is 0 Å². The summed E-state index contributed by atoms with van der Waals surface area (Å²) < 4.78 is 0. The molecule has 7 heteroatoms. The van der Waals surface area contributed by atoms with E-state index >= 15 is 0 Å². The Bertz CT molecular complexity index is 756. The molecule has 0 N–H and O–H groups in total. The third kappa shape index (κ3) is 2.63. The van der Waals surface area contributed by atoms with Crippen LogP contribution in [-0.2, 0) is 4.79 Å². The van der Waals surface area contributed by atoms with Crippen LogP contribution in [0.15, 0.2) is 35.4 Å². The minimum Gasteiger partial charge on any atom is -0.311 e. The number of rotatable bonds is 3. The van der Waals surface area contributed by atoms with Gasteiger partial charge in [0.05, 0.1) is 11.2 Å². The van der Waals surface area contributed by atoms with E-state index in [1.54, 1.807) is 11.0 Å². The number of fused-ring (bicyclic) bond motifs is 1. The molecule has 1 fully saturated rings. The molecule has 2 heterocycles. The molecule has 1 saturated heterocycles. The zero-order chi connectivity index (χ0) is 14.8. The Balaban J connectivity index is 2.00. The van der Waals surface area contributed by atoms with Crippen molar-refractivity contribution in [2.24, 2.45) is 11.0 Å². The van der Waals surface area contributed by atoms with Crippen molar-refractivity contribution in [3.63, 3.8) is 0 Å². The number of para-hydroxylation sites is 1. The number of aromatic nitrogens is 1. The van der Waals surface area contributed by atoms with E-state index in [-0.39, 0.29) is 11.8 Å². The molecule has 1 aliphatic heterocycles. The van der Waals surface area contributed by atoms with Gasteiger partial charge in [0.1, 0.15) is 5.15 Å². The summed E-state index contributed by atoms with van der Waals surface area (Å²) in [6.45, 7) is 0.859. The average Bonchev–Trinajstić information content (AvgIpc) is 2.85. The molecule has 0 spiro atoms. The number of azide groups is 1.